The molecule has 4 rings (SSSR count). The van der Waals surface area contributed by atoms with Gasteiger partial charge in [0.05, 0.1) is 11.6 Å². The first-order valence-corrected chi connectivity index (χ1v) is 14.6. The molecule has 2 bridgehead atoms. The molecular formula is C29H36N6O6S. The Hall–Kier alpha value is -4.52. The highest BCUT2D eigenvalue weighted by Crippen LogP contribution is 2.23. The minimum absolute atomic E-state index is 0.250. The fourth-order valence-electron chi connectivity index (χ4n) is 4.47. The molecule has 1 aromatic carbocycles. The van der Waals surface area contributed by atoms with Crippen LogP contribution in [0, 0.1) is 6.92 Å². The molecule has 3 heterocycles. The number of carbonyl (C=O) groups excluding carboxylic acids is 4. The number of aromatic nitrogens is 2. The number of benzene rings is 1. The minimum Gasteiger partial charge on any atom is -0.483 e. The van der Waals surface area contributed by atoms with Crippen LogP contribution in [0.5, 0.6) is 0 Å². The van der Waals surface area contributed by atoms with E-state index in [9.17, 15) is 19.2 Å². The summed E-state index contributed by atoms with van der Waals surface area (Å²) in [5.74, 6) is -1.43. The maximum Gasteiger partial charge on any atom is 0.290 e. The van der Waals surface area contributed by atoms with Crippen LogP contribution >= 0.6 is 11.3 Å². The first-order valence-electron chi connectivity index (χ1n) is 13.7. The summed E-state index contributed by atoms with van der Waals surface area (Å²) in [5, 5.41) is 20.8. The lowest BCUT2D eigenvalue weighted by Crippen LogP contribution is -2.54. The highest BCUT2D eigenvalue weighted by atomic mass is 32.1. The summed E-state index contributed by atoms with van der Waals surface area (Å²) in [5.41, 5.74) is 2.46. The van der Waals surface area contributed by atoms with E-state index in [-0.39, 0.29) is 24.2 Å². The van der Waals surface area contributed by atoms with Crippen molar-refractivity contribution in [3.05, 3.63) is 75.5 Å². The monoisotopic (exact) mass is 596 g/mol. The minimum atomic E-state index is -0.837. The molecule has 6 N–H and O–H groups in total. The normalized spacial score (nSPS) is 19.8. The Morgan fingerprint density at radius 2 is 1.81 bits per heavy atom. The lowest BCUT2D eigenvalue weighted by atomic mass is 10.0. The predicted molar refractivity (Wildman–Crippen MR) is 157 cm³/mol. The highest BCUT2D eigenvalue weighted by molar-refractivity contribution is 7.09. The van der Waals surface area contributed by atoms with E-state index in [4.69, 9.17) is 9.90 Å². The van der Waals surface area contributed by atoms with Crippen molar-refractivity contribution in [1.29, 1.82) is 0 Å². The molecule has 0 saturated heterocycles. The number of amides is 4. The van der Waals surface area contributed by atoms with E-state index < -0.39 is 24.0 Å². The van der Waals surface area contributed by atoms with E-state index in [0.717, 1.165) is 5.56 Å². The van der Waals surface area contributed by atoms with Gasteiger partial charge in [-0.2, -0.15) is 0 Å². The summed E-state index contributed by atoms with van der Waals surface area (Å²) in [6, 6.07) is 9.22. The number of aryl methyl sites for hydroxylation is 1. The van der Waals surface area contributed by atoms with Crippen LogP contribution < -0.4 is 21.3 Å². The van der Waals surface area contributed by atoms with Crippen LogP contribution in [0.3, 0.4) is 0 Å². The van der Waals surface area contributed by atoms with Crippen LogP contribution in [-0.4, -0.2) is 63.8 Å². The Morgan fingerprint density at radius 1 is 1.10 bits per heavy atom. The molecule has 13 heteroatoms. The zero-order valence-corrected chi connectivity index (χ0v) is 24.3. The summed E-state index contributed by atoms with van der Waals surface area (Å²) in [7, 11) is 0. The number of nitrogens with zero attached hydrogens (tertiary/aromatic N) is 1. The Balaban J connectivity index is 0.00000155. The number of carbonyl (C=O) groups is 5. The standard InChI is InChI=1S/C28H34N6O4S.CH2O2/c1-3-20-26(37)33-22(15-18-9-5-4-6-10-18)28-34-23(16-39-28)25(36)30-13-8-7-11-21(27(38)31-20)32-24(35)19-12-14-29-17(19)2;2-1-3/h4-6,9-10,12,14,16,20-22,29H,3,7-8,11,13,15H2,1-2H3,(H,30,36)(H,31,38)(H,32,35)(H,33,37);1H,(H,2,3)/t20-,21+,22+;/m1./s1. The van der Waals surface area contributed by atoms with E-state index in [1.54, 1.807) is 24.6 Å². The molecule has 12 nitrogen and oxygen atoms in total. The molecule has 0 radical (unpaired) electrons. The Labute approximate surface area is 247 Å². The van der Waals surface area contributed by atoms with Gasteiger partial charge in [0.25, 0.3) is 18.3 Å². The lowest BCUT2D eigenvalue weighted by Gasteiger charge is -2.25. The molecule has 42 heavy (non-hydrogen) atoms. The van der Waals surface area contributed by atoms with Crippen molar-refractivity contribution < 1.29 is 29.1 Å². The molecule has 0 aliphatic carbocycles. The molecule has 0 spiro atoms. The average Bonchev–Trinajstić information content (AvgIpc) is 3.64. The molecule has 1 aliphatic rings. The third kappa shape index (κ3) is 8.99. The second-order valence-electron chi connectivity index (χ2n) is 9.69. The second-order valence-corrected chi connectivity index (χ2v) is 10.6. The number of rotatable bonds is 5. The first kappa shape index (κ1) is 32.0. The van der Waals surface area contributed by atoms with Crippen LogP contribution in [0.1, 0.15) is 75.8 Å². The molecule has 2 aromatic heterocycles. The van der Waals surface area contributed by atoms with E-state index in [1.807, 2.05) is 37.3 Å². The van der Waals surface area contributed by atoms with Gasteiger partial charge in [-0.25, -0.2) is 4.98 Å². The molecular weight excluding hydrogens is 560 g/mol. The smallest absolute Gasteiger partial charge is 0.290 e. The van der Waals surface area contributed by atoms with E-state index in [0.29, 0.717) is 60.6 Å². The van der Waals surface area contributed by atoms with Gasteiger partial charge >= 0.3 is 0 Å². The van der Waals surface area contributed by atoms with Gasteiger partial charge in [-0.05, 0) is 50.7 Å². The zero-order chi connectivity index (χ0) is 30.5. The number of fused-ring (bicyclic) bond motifs is 2. The molecule has 224 valence electrons. The number of hydrogen-bond donors (Lipinski definition) is 6. The second kappa shape index (κ2) is 16.1. The fourth-order valence-corrected chi connectivity index (χ4v) is 5.32. The number of thiazole rings is 1. The SMILES string of the molecule is CC[C@H]1NC(=O)[C@@H](NC(=O)c2cc[nH]c2C)CCCCNC(=O)c2csc(n2)[C@H](Cc2ccccc2)NC1=O.O=CO. The third-order valence-corrected chi connectivity index (χ3v) is 7.68. The van der Waals surface area contributed by atoms with Gasteiger partial charge in [0.15, 0.2) is 0 Å². The Kier molecular flexibility index (Phi) is 12.2. The molecule has 4 amide bonds. The maximum absolute atomic E-state index is 13.4. The van der Waals surface area contributed by atoms with Gasteiger partial charge in [0.1, 0.15) is 22.8 Å². The summed E-state index contributed by atoms with van der Waals surface area (Å²) in [6.45, 7) is 3.76. The maximum atomic E-state index is 13.4. The summed E-state index contributed by atoms with van der Waals surface area (Å²) in [4.78, 5) is 68.2. The van der Waals surface area contributed by atoms with Crippen molar-refractivity contribution in [1.82, 2.24) is 31.2 Å². The van der Waals surface area contributed by atoms with Crippen LogP contribution in [0.25, 0.3) is 0 Å². The third-order valence-electron chi connectivity index (χ3n) is 6.72. The Bertz CT molecular complexity index is 1360. The summed E-state index contributed by atoms with van der Waals surface area (Å²) < 4.78 is 0. The lowest BCUT2D eigenvalue weighted by molar-refractivity contribution is -0.130. The van der Waals surface area contributed by atoms with Gasteiger partial charge in [0, 0.05) is 23.8 Å². The van der Waals surface area contributed by atoms with E-state index in [2.05, 4.69) is 31.2 Å². The van der Waals surface area contributed by atoms with Crippen molar-refractivity contribution in [2.75, 3.05) is 6.54 Å². The Morgan fingerprint density at radius 3 is 2.48 bits per heavy atom. The number of H-pyrrole nitrogens is 1. The fraction of sp³-hybridized carbons (Fsp3) is 0.379. The van der Waals surface area contributed by atoms with Crippen molar-refractivity contribution in [2.24, 2.45) is 0 Å². The molecule has 0 fully saturated rings. The van der Waals surface area contributed by atoms with Crippen LogP contribution in [-0.2, 0) is 20.8 Å². The van der Waals surface area contributed by atoms with Gasteiger partial charge < -0.3 is 31.4 Å². The zero-order valence-electron chi connectivity index (χ0n) is 23.5. The largest absolute Gasteiger partial charge is 0.483 e. The summed E-state index contributed by atoms with van der Waals surface area (Å²) in [6.07, 6.45) is 4.04. The van der Waals surface area contributed by atoms with Crippen LogP contribution in [0.4, 0.5) is 0 Å². The molecule has 0 unspecified atom stereocenters. The predicted octanol–water partition coefficient (Wildman–Crippen LogP) is 2.49. The van der Waals surface area contributed by atoms with Crippen LogP contribution in [0.2, 0.25) is 0 Å². The number of nitrogens with one attached hydrogen (secondary N) is 5. The number of aromatic amines is 1. The van der Waals surface area contributed by atoms with Gasteiger partial charge in [0.2, 0.25) is 11.8 Å². The van der Waals surface area contributed by atoms with Gasteiger partial charge in [-0.15, -0.1) is 11.3 Å². The van der Waals surface area contributed by atoms with Crippen molar-refractivity contribution >= 4 is 41.4 Å². The first-order chi connectivity index (χ1) is 20.3. The highest BCUT2D eigenvalue weighted by Gasteiger charge is 2.29. The average molecular weight is 597 g/mol. The van der Waals surface area contributed by atoms with Crippen molar-refractivity contribution in [3.63, 3.8) is 0 Å². The topological polar surface area (TPSA) is 182 Å². The van der Waals surface area contributed by atoms with Crippen LogP contribution in [0.15, 0.2) is 48.0 Å². The van der Waals surface area contributed by atoms with Gasteiger partial charge in [-0.3, -0.25) is 24.0 Å². The number of carboxylic acid groups (broad SMARTS) is 1. The van der Waals surface area contributed by atoms with E-state index >= 15 is 0 Å². The van der Waals surface area contributed by atoms with Gasteiger partial charge in [-0.1, -0.05) is 37.3 Å². The summed E-state index contributed by atoms with van der Waals surface area (Å²) >= 11 is 1.31. The molecule has 1 aliphatic heterocycles. The molecule has 0 saturated carbocycles. The quantitative estimate of drug-likeness (QED) is 0.245. The van der Waals surface area contributed by atoms with Crippen molar-refractivity contribution in [3.8, 4) is 0 Å². The number of hydrogen-bond acceptors (Lipinski definition) is 7. The van der Waals surface area contributed by atoms with Crippen molar-refractivity contribution in [2.45, 2.75) is 64.1 Å². The molecule has 3 atom stereocenters. The van der Waals surface area contributed by atoms with E-state index in [1.165, 1.54) is 11.3 Å². The molecule has 3 aromatic rings.